The fourth-order valence-electron chi connectivity index (χ4n) is 2.91. The zero-order valence-electron chi connectivity index (χ0n) is 11.1. The van der Waals surface area contributed by atoms with Gasteiger partial charge in [0.15, 0.2) is 0 Å². The van der Waals surface area contributed by atoms with E-state index >= 15 is 0 Å². The molecular formula is C13H26N2O2. The Kier molecular flexibility index (Phi) is 4.42. The average molecular weight is 242 g/mol. The van der Waals surface area contributed by atoms with Crippen LogP contribution in [0.4, 0.5) is 0 Å². The van der Waals surface area contributed by atoms with Gasteiger partial charge in [-0.05, 0) is 33.2 Å². The summed E-state index contributed by atoms with van der Waals surface area (Å²) in [6.45, 7) is 6.83. The Hall–Kier alpha value is -0.160. The molecule has 17 heavy (non-hydrogen) atoms. The second kappa shape index (κ2) is 5.65. The number of ether oxygens (including phenoxy) is 1. The first-order valence-electron chi connectivity index (χ1n) is 6.80. The van der Waals surface area contributed by atoms with E-state index in [0.717, 1.165) is 52.1 Å². The lowest BCUT2D eigenvalue weighted by Crippen LogP contribution is -2.50. The number of rotatable bonds is 3. The Morgan fingerprint density at radius 2 is 2.12 bits per heavy atom. The predicted molar refractivity (Wildman–Crippen MR) is 68.1 cm³/mol. The summed E-state index contributed by atoms with van der Waals surface area (Å²) in [4.78, 5) is 2.47. The first kappa shape index (κ1) is 13.3. The molecule has 0 spiro atoms. The second-order valence-corrected chi connectivity index (χ2v) is 5.82. The van der Waals surface area contributed by atoms with Crippen molar-refractivity contribution in [2.75, 3.05) is 39.9 Å². The number of piperidine rings is 1. The molecule has 2 saturated heterocycles. The van der Waals surface area contributed by atoms with Crippen molar-refractivity contribution in [3.8, 4) is 0 Å². The summed E-state index contributed by atoms with van der Waals surface area (Å²) < 4.78 is 5.58. The van der Waals surface area contributed by atoms with E-state index in [4.69, 9.17) is 4.74 Å². The van der Waals surface area contributed by atoms with Crippen molar-refractivity contribution in [2.24, 2.45) is 5.92 Å². The van der Waals surface area contributed by atoms with Crippen molar-refractivity contribution in [3.05, 3.63) is 0 Å². The first-order chi connectivity index (χ1) is 8.11. The summed E-state index contributed by atoms with van der Waals surface area (Å²) >= 11 is 0. The van der Waals surface area contributed by atoms with Gasteiger partial charge < -0.3 is 20.1 Å². The molecule has 2 rings (SSSR count). The summed E-state index contributed by atoms with van der Waals surface area (Å²) in [6, 6.07) is 0.589. The minimum atomic E-state index is -0.442. The molecule has 2 heterocycles. The average Bonchev–Trinajstić information content (AvgIpc) is 2.32. The van der Waals surface area contributed by atoms with Gasteiger partial charge in [-0.1, -0.05) is 0 Å². The maximum atomic E-state index is 9.93. The van der Waals surface area contributed by atoms with Gasteiger partial charge in [0.05, 0.1) is 12.2 Å². The molecular weight excluding hydrogens is 216 g/mol. The van der Waals surface area contributed by atoms with Crippen LogP contribution in [0, 0.1) is 5.92 Å². The normalized spacial score (nSPS) is 34.8. The predicted octanol–water partition coefficient (Wildman–Crippen LogP) is 0.458. The highest BCUT2D eigenvalue weighted by molar-refractivity contribution is 4.86. The molecule has 0 saturated carbocycles. The van der Waals surface area contributed by atoms with Crippen LogP contribution in [-0.2, 0) is 4.74 Å². The standard InChI is InChI=1S/C13H26N2O2/c1-13(16)4-6-15(7-5-13)9-11-10-17-8-3-12(11)14-2/h11-12,14,16H,3-10H2,1-2H3. The molecule has 2 unspecified atom stereocenters. The molecule has 4 heteroatoms. The van der Waals surface area contributed by atoms with Gasteiger partial charge >= 0.3 is 0 Å². The lowest BCUT2D eigenvalue weighted by atomic mass is 9.91. The van der Waals surface area contributed by atoms with Crippen LogP contribution in [0.2, 0.25) is 0 Å². The number of nitrogens with one attached hydrogen (secondary N) is 1. The van der Waals surface area contributed by atoms with E-state index in [1.807, 2.05) is 14.0 Å². The monoisotopic (exact) mass is 242 g/mol. The summed E-state index contributed by atoms with van der Waals surface area (Å²) in [5.41, 5.74) is -0.442. The molecule has 0 aromatic carbocycles. The fourth-order valence-corrected chi connectivity index (χ4v) is 2.91. The van der Waals surface area contributed by atoms with Crippen LogP contribution in [0.1, 0.15) is 26.2 Å². The SMILES string of the molecule is CNC1CCOCC1CN1CCC(C)(O)CC1. The lowest BCUT2D eigenvalue weighted by molar-refractivity contribution is -0.0250. The topological polar surface area (TPSA) is 44.7 Å². The largest absolute Gasteiger partial charge is 0.390 e. The maximum absolute atomic E-state index is 9.93. The summed E-state index contributed by atoms with van der Waals surface area (Å²) in [6.07, 6.45) is 2.91. The van der Waals surface area contributed by atoms with Crippen molar-refractivity contribution >= 4 is 0 Å². The molecule has 2 atom stereocenters. The Bertz CT molecular complexity index is 236. The lowest BCUT2D eigenvalue weighted by Gasteiger charge is -2.40. The molecule has 2 aliphatic heterocycles. The smallest absolute Gasteiger partial charge is 0.0644 e. The minimum absolute atomic E-state index is 0.442. The molecule has 0 radical (unpaired) electrons. The molecule has 2 N–H and O–H groups in total. The number of nitrogens with zero attached hydrogens (tertiary/aromatic N) is 1. The van der Waals surface area contributed by atoms with Gasteiger partial charge in [-0.25, -0.2) is 0 Å². The summed E-state index contributed by atoms with van der Waals surface area (Å²) in [5, 5.41) is 13.3. The van der Waals surface area contributed by atoms with E-state index in [0.29, 0.717) is 12.0 Å². The summed E-state index contributed by atoms with van der Waals surface area (Å²) in [7, 11) is 2.05. The molecule has 0 amide bonds. The fraction of sp³-hybridized carbons (Fsp3) is 1.00. The van der Waals surface area contributed by atoms with Crippen LogP contribution in [-0.4, -0.2) is 61.5 Å². The Labute approximate surface area is 104 Å². The van der Waals surface area contributed by atoms with E-state index in [1.165, 1.54) is 0 Å². The van der Waals surface area contributed by atoms with E-state index in [-0.39, 0.29) is 0 Å². The third-order valence-electron chi connectivity index (χ3n) is 4.27. The number of hydrogen-bond donors (Lipinski definition) is 2. The van der Waals surface area contributed by atoms with Crippen molar-refractivity contribution in [3.63, 3.8) is 0 Å². The molecule has 100 valence electrons. The van der Waals surface area contributed by atoms with Crippen molar-refractivity contribution in [2.45, 2.75) is 37.8 Å². The molecule has 0 aromatic rings. The van der Waals surface area contributed by atoms with E-state index < -0.39 is 5.60 Å². The molecule has 4 nitrogen and oxygen atoms in total. The van der Waals surface area contributed by atoms with Gasteiger partial charge in [0.1, 0.15) is 0 Å². The molecule has 2 fully saturated rings. The van der Waals surface area contributed by atoms with Gasteiger partial charge in [0, 0.05) is 38.2 Å². The van der Waals surface area contributed by atoms with Gasteiger partial charge in [-0.2, -0.15) is 0 Å². The van der Waals surface area contributed by atoms with E-state index in [2.05, 4.69) is 10.2 Å². The van der Waals surface area contributed by atoms with Gasteiger partial charge in [0.2, 0.25) is 0 Å². The Morgan fingerprint density at radius 3 is 2.76 bits per heavy atom. The Morgan fingerprint density at radius 1 is 1.41 bits per heavy atom. The molecule has 0 bridgehead atoms. The zero-order valence-corrected chi connectivity index (χ0v) is 11.1. The second-order valence-electron chi connectivity index (χ2n) is 5.82. The first-order valence-corrected chi connectivity index (χ1v) is 6.80. The van der Waals surface area contributed by atoms with Gasteiger partial charge in [0.25, 0.3) is 0 Å². The van der Waals surface area contributed by atoms with Crippen LogP contribution in [0.5, 0.6) is 0 Å². The number of hydrogen-bond acceptors (Lipinski definition) is 4. The van der Waals surface area contributed by atoms with Gasteiger partial charge in [-0.15, -0.1) is 0 Å². The zero-order chi connectivity index (χ0) is 12.3. The summed E-state index contributed by atoms with van der Waals surface area (Å²) in [5.74, 6) is 0.594. The quantitative estimate of drug-likeness (QED) is 0.754. The van der Waals surface area contributed by atoms with Crippen LogP contribution in [0.3, 0.4) is 0 Å². The van der Waals surface area contributed by atoms with Crippen LogP contribution >= 0.6 is 0 Å². The van der Waals surface area contributed by atoms with Crippen LogP contribution in [0.15, 0.2) is 0 Å². The van der Waals surface area contributed by atoms with E-state index in [9.17, 15) is 5.11 Å². The molecule has 0 aliphatic carbocycles. The number of aliphatic hydroxyl groups is 1. The number of likely N-dealkylation sites (tertiary alicyclic amines) is 1. The van der Waals surface area contributed by atoms with Crippen molar-refractivity contribution in [1.29, 1.82) is 0 Å². The highest BCUT2D eigenvalue weighted by atomic mass is 16.5. The minimum Gasteiger partial charge on any atom is -0.390 e. The highest BCUT2D eigenvalue weighted by Gasteiger charge is 2.31. The van der Waals surface area contributed by atoms with Crippen molar-refractivity contribution < 1.29 is 9.84 Å². The molecule has 2 aliphatic rings. The molecule has 0 aromatic heterocycles. The third kappa shape index (κ3) is 3.65. The van der Waals surface area contributed by atoms with Crippen LogP contribution < -0.4 is 5.32 Å². The Balaban J connectivity index is 1.80. The van der Waals surface area contributed by atoms with Crippen LogP contribution in [0.25, 0.3) is 0 Å². The highest BCUT2D eigenvalue weighted by Crippen LogP contribution is 2.23. The third-order valence-corrected chi connectivity index (χ3v) is 4.27. The van der Waals surface area contributed by atoms with Gasteiger partial charge in [-0.3, -0.25) is 0 Å². The van der Waals surface area contributed by atoms with Crippen molar-refractivity contribution in [1.82, 2.24) is 10.2 Å². The van der Waals surface area contributed by atoms with E-state index in [1.54, 1.807) is 0 Å². The maximum Gasteiger partial charge on any atom is 0.0644 e.